The van der Waals surface area contributed by atoms with Crippen molar-refractivity contribution in [1.29, 1.82) is 0 Å². The molecule has 0 unspecified atom stereocenters. The summed E-state index contributed by atoms with van der Waals surface area (Å²) in [6.07, 6.45) is 0. The fourth-order valence-electron chi connectivity index (χ4n) is 3.34. The average molecular weight is 353 g/mol. The Morgan fingerprint density at radius 3 is 2.33 bits per heavy atom. The van der Waals surface area contributed by atoms with E-state index < -0.39 is 0 Å². The van der Waals surface area contributed by atoms with E-state index in [2.05, 4.69) is 67.4 Å². The van der Waals surface area contributed by atoms with Crippen LogP contribution in [0.25, 0.3) is 22.0 Å². The molecule has 0 aliphatic carbocycles. The van der Waals surface area contributed by atoms with Gasteiger partial charge >= 0.3 is 0 Å². The highest BCUT2D eigenvalue weighted by Crippen LogP contribution is 2.30. The Hall–Kier alpha value is -3.13. The summed E-state index contributed by atoms with van der Waals surface area (Å²) >= 11 is 0. The number of para-hydroxylation sites is 1. The zero-order chi connectivity index (χ0) is 18.6. The van der Waals surface area contributed by atoms with E-state index in [0.717, 1.165) is 22.3 Å². The molecule has 4 aromatic rings. The van der Waals surface area contributed by atoms with Crippen LogP contribution in [0.1, 0.15) is 31.0 Å². The third-order valence-electron chi connectivity index (χ3n) is 4.79. The van der Waals surface area contributed by atoms with Gasteiger partial charge in [-0.05, 0) is 46.9 Å². The number of fused-ring (bicyclic) bond motifs is 1. The lowest BCUT2D eigenvalue weighted by atomic mass is 9.93. The van der Waals surface area contributed by atoms with E-state index in [1.165, 1.54) is 16.7 Å². The van der Waals surface area contributed by atoms with Crippen LogP contribution in [0.15, 0.2) is 84.9 Å². The maximum Gasteiger partial charge on any atom is 0.130 e. The molecule has 0 aliphatic rings. The molecule has 27 heavy (non-hydrogen) atoms. The summed E-state index contributed by atoms with van der Waals surface area (Å²) < 4.78 is 5.95. The van der Waals surface area contributed by atoms with Crippen molar-refractivity contribution in [3.8, 4) is 16.9 Å². The number of nitrogens with zero attached hydrogens (tertiary/aromatic N) is 1. The molecule has 3 aromatic carbocycles. The minimum Gasteiger partial charge on any atom is -0.487 e. The highest BCUT2D eigenvalue weighted by atomic mass is 16.5. The lowest BCUT2D eigenvalue weighted by Crippen LogP contribution is -1.98. The molecule has 0 saturated carbocycles. The number of ether oxygens (including phenoxy) is 1. The Morgan fingerprint density at radius 2 is 1.52 bits per heavy atom. The van der Waals surface area contributed by atoms with Crippen LogP contribution in [0.5, 0.6) is 5.75 Å². The van der Waals surface area contributed by atoms with E-state index in [1.54, 1.807) is 0 Å². The molecular weight excluding hydrogens is 330 g/mol. The van der Waals surface area contributed by atoms with Gasteiger partial charge < -0.3 is 4.74 Å². The second kappa shape index (κ2) is 7.63. The predicted octanol–water partition coefficient (Wildman–Crippen LogP) is 6.60. The monoisotopic (exact) mass is 353 g/mol. The first-order valence-electron chi connectivity index (χ1n) is 9.37. The van der Waals surface area contributed by atoms with Gasteiger partial charge in [0.15, 0.2) is 0 Å². The smallest absolute Gasteiger partial charge is 0.130 e. The quantitative estimate of drug-likeness (QED) is 0.403. The number of rotatable bonds is 5. The first kappa shape index (κ1) is 17.3. The minimum atomic E-state index is 0.465. The molecule has 0 N–H and O–H groups in total. The fourth-order valence-corrected chi connectivity index (χ4v) is 3.34. The standard InChI is InChI=1S/C25H23NO/c1-18(2)23-8-4-5-9-24(23)19-12-15-22(16-13-19)27-17-21-14-11-20-7-3-6-10-25(20)26-21/h3-16,18H,17H2,1-2H3. The average Bonchev–Trinajstić information content (AvgIpc) is 2.72. The van der Waals surface area contributed by atoms with Gasteiger partial charge in [0.1, 0.15) is 12.4 Å². The van der Waals surface area contributed by atoms with Crippen LogP contribution in [0.4, 0.5) is 0 Å². The van der Waals surface area contributed by atoms with Crippen molar-refractivity contribution in [2.45, 2.75) is 26.4 Å². The van der Waals surface area contributed by atoms with E-state index in [-0.39, 0.29) is 0 Å². The maximum absolute atomic E-state index is 5.95. The van der Waals surface area contributed by atoms with E-state index in [0.29, 0.717) is 12.5 Å². The Labute approximate surface area is 160 Å². The molecule has 0 atom stereocenters. The first-order chi connectivity index (χ1) is 13.2. The number of aromatic nitrogens is 1. The van der Waals surface area contributed by atoms with Crippen LogP contribution in [-0.2, 0) is 6.61 Å². The van der Waals surface area contributed by atoms with Gasteiger partial charge in [-0.3, -0.25) is 0 Å². The molecule has 1 aromatic heterocycles. The maximum atomic E-state index is 5.95. The van der Waals surface area contributed by atoms with Crippen LogP contribution in [-0.4, -0.2) is 4.98 Å². The van der Waals surface area contributed by atoms with E-state index in [1.807, 2.05) is 36.4 Å². The minimum absolute atomic E-state index is 0.465. The molecule has 0 spiro atoms. The molecule has 1 heterocycles. The zero-order valence-electron chi connectivity index (χ0n) is 15.7. The largest absolute Gasteiger partial charge is 0.487 e. The molecule has 2 nitrogen and oxygen atoms in total. The Balaban J connectivity index is 1.49. The van der Waals surface area contributed by atoms with Crippen molar-refractivity contribution < 1.29 is 4.74 Å². The topological polar surface area (TPSA) is 22.1 Å². The van der Waals surface area contributed by atoms with Crippen LogP contribution in [0.2, 0.25) is 0 Å². The van der Waals surface area contributed by atoms with Crippen molar-refractivity contribution in [2.24, 2.45) is 0 Å². The highest BCUT2D eigenvalue weighted by molar-refractivity contribution is 5.78. The first-order valence-corrected chi connectivity index (χ1v) is 9.37. The van der Waals surface area contributed by atoms with Crippen molar-refractivity contribution in [1.82, 2.24) is 4.98 Å². The summed E-state index contributed by atoms with van der Waals surface area (Å²) in [5, 5.41) is 1.15. The third kappa shape index (κ3) is 3.85. The van der Waals surface area contributed by atoms with Gasteiger partial charge in [-0.15, -0.1) is 0 Å². The van der Waals surface area contributed by atoms with Gasteiger partial charge in [-0.1, -0.05) is 74.5 Å². The van der Waals surface area contributed by atoms with Gasteiger partial charge in [-0.2, -0.15) is 0 Å². The number of hydrogen-bond donors (Lipinski definition) is 0. The van der Waals surface area contributed by atoms with Crippen LogP contribution < -0.4 is 4.74 Å². The van der Waals surface area contributed by atoms with Crippen molar-refractivity contribution in [2.75, 3.05) is 0 Å². The molecule has 2 heteroatoms. The number of hydrogen-bond acceptors (Lipinski definition) is 2. The Bertz CT molecular complexity index is 1050. The lowest BCUT2D eigenvalue weighted by molar-refractivity contribution is 0.302. The Morgan fingerprint density at radius 1 is 0.778 bits per heavy atom. The summed E-state index contributed by atoms with van der Waals surface area (Å²) in [7, 11) is 0. The second-order valence-corrected chi connectivity index (χ2v) is 7.05. The molecular formula is C25H23NO. The normalized spacial score (nSPS) is 11.1. The van der Waals surface area contributed by atoms with Crippen molar-refractivity contribution in [3.63, 3.8) is 0 Å². The van der Waals surface area contributed by atoms with Crippen LogP contribution in [0, 0.1) is 0 Å². The van der Waals surface area contributed by atoms with Crippen molar-refractivity contribution >= 4 is 10.9 Å². The van der Waals surface area contributed by atoms with E-state index >= 15 is 0 Å². The molecule has 0 amide bonds. The fraction of sp³-hybridized carbons (Fsp3) is 0.160. The molecule has 4 rings (SSSR count). The molecule has 134 valence electrons. The van der Waals surface area contributed by atoms with Crippen LogP contribution >= 0.6 is 0 Å². The van der Waals surface area contributed by atoms with Gasteiger partial charge in [-0.25, -0.2) is 4.98 Å². The molecule has 0 fully saturated rings. The van der Waals surface area contributed by atoms with Gasteiger partial charge in [0.05, 0.1) is 11.2 Å². The predicted molar refractivity (Wildman–Crippen MR) is 112 cm³/mol. The SMILES string of the molecule is CC(C)c1ccccc1-c1ccc(OCc2ccc3ccccc3n2)cc1. The summed E-state index contributed by atoms with van der Waals surface area (Å²) in [6, 6.07) is 29.2. The molecule has 0 radical (unpaired) electrons. The summed E-state index contributed by atoms with van der Waals surface area (Å²) in [4.78, 5) is 4.66. The molecule has 0 aliphatic heterocycles. The molecule has 0 bridgehead atoms. The number of benzene rings is 3. The van der Waals surface area contributed by atoms with Crippen LogP contribution in [0.3, 0.4) is 0 Å². The third-order valence-corrected chi connectivity index (χ3v) is 4.79. The van der Waals surface area contributed by atoms with E-state index in [9.17, 15) is 0 Å². The van der Waals surface area contributed by atoms with Crippen molar-refractivity contribution in [3.05, 3.63) is 96.2 Å². The lowest BCUT2D eigenvalue weighted by Gasteiger charge is -2.13. The Kier molecular flexibility index (Phi) is 4.88. The van der Waals surface area contributed by atoms with Gasteiger partial charge in [0, 0.05) is 5.39 Å². The zero-order valence-corrected chi connectivity index (χ0v) is 15.7. The van der Waals surface area contributed by atoms with Gasteiger partial charge in [0.25, 0.3) is 0 Å². The number of pyridine rings is 1. The highest BCUT2D eigenvalue weighted by Gasteiger charge is 2.08. The van der Waals surface area contributed by atoms with E-state index in [4.69, 9.17) is 4.74 Å². The summed E-state index contributed by atoms with van der Waals surface area (Å²) in [6.45, 7) is 4.92. The molecule has 0 saturated heterocycles. The second-order valence-electron chi connectivity index (χ2n) is 7.05. The summed E-state index contributed by atoms with van der Waals surface area (Å²) in [5.41, 5.74) is 5.81. The summed E-state index contributed by atoms with van der Waals surface area (Å²) in [5.74, 6) is 1.35. The van der Waals surface area contributed by atoms with Gasteiger partial charge in [0.2, 0.25) is 0 Å².